The van der Waals surface area contributed by atoms with E-state index in [1.807, 2.05) is 0 Å². The molecule has 0 radical (unpaired) electrons. The minimum atomic E-state index is -0.927. The number of hydrogen-bond donors (Lipinski definition) is 3. The predicted molar refractivity (Wildman–Crippen MR) is 127 cm³/mol. The van der Waals surface area contributed by atoms with E-state index in [0.717, 1.165) is 5.56 Å². The molecule has 3 atom stereocenters. The predicted octanol–water partition coefficient (Wildman–Crippen LogP) is 3.95. The lowest BCUT2D eigenvalue weighted by atomic mass is 10.0. The molecule has 0 heterocycles. The normalized spacial score (nSPS) is 18.1. The standard InChI is InChI=1S/C24H24Cl2N2O6/c1-34-24(33)19(28-21(29)14-7-8-15(12-14)23(31)32)11-13-5-9-16(10-6-13)27-22(30)20-17(25)3-2-4-18(20)26/h2-6,9-10,14-15,19H,7-8,11-12H2,1H3,(H,27,30)(H,28,29)(H,31,32). The van der Waals surface area contributed by atoms with E-state index in [9.17, 15) is 19.2 Å². The highest BCUT2D eigenvalue weighted by molar-refractivity contribution is 6.40. The van der Waals surface area contributed by atoms with Crippen molar-refractivity contribution in [2.75, 3.05) is 12.4 Å². The highest BCUT2D eigenvalue weighted by atomic mass is 35.5. The van der Waals surface area contributed by atoms with E-state index in [0.29, 0.717) is 18.5 Å². The van der Waals surface area contributed by atoms with Crippen LogP contribution in [0.2, 0.25) is 10.0 Å². The number of carboxylic acids is 1. The van der Waals surface area contributed by atoms with E-state index in [4.69, 9.17) is 33.0 Å². The SMILES string of the molecule is COC(=O)C(Cc1ccc(NC(=O)c2c(Cl)cccc2Cl)cc1)NC(=O)C1CCC(C(=O)O)C1. The lowest BCUT2D eigenvalue weighted by molar-refractivity contribution is -0.146. The van der Waals surface area contributed by atoms with Crippen LogP contribution in [-0.4, -0.2) is 42.0 Å². The van der Waals surface area contributed by atoms with E-state index in [1.165, 1.54) is 7.11 Å². The second-order valence-corrected chi connectivity index (χ2v) is 8.90. The van der Waals surface area contributed by atoms with Crippen LogP contribution >= 0.6 is 23.2 Å². The minimum absolute atomic E-state index is 0.165. The summed E-state index contributed by atoms with van der Waals surface area (Å²) >= 11 is 12.2. The number of benzene rings is 2. The second-order valence-electron chi connectivity index (χ2n) is 8.08. The summed E-state index contributed by atoms with van der Waals surface area (Å²) in [6.45, 7) is 0. The number of amides is 2. The Hall–Kier alpha value is -3.10. The maximum absolute atomic E-state index is 12.6. The molecular weight excluding hydrogens is 483 g/mol. The molecule has 0 aromatic heterocycles. The molecule has 2 aromatic rings. The van der Waals surface area contributed by atoms with Crippen LogP contribution < -0.4 is 10.6 Å². The van der Waals surface area contributed by atoms with Gasteiger partial charge in [-0.3, -0.25) is 14.4 Å². The third-order valence-electron chi connectivity index (χ3n) is 5.80. The van der Waals surface area contributed by atoms with Crippen molar-refractivity contribution in [2.24, 2.45) is 11.8 Å². The van der Waals surface area contributed by atoms with Gasteiger partial charge in [-0.25, -0.2) is 4.79 Å². The third-order valence-corrected chi connectivity index (χ3v) is 6.43. The fourth-order valence-electron chi connectivity index (χ4n) is 3.94. The van der Waals surface area contributed by atoms with Gasteiger partial charge in [0.1, 0.15) is 6.04 Å². The van der Waals surface area contributed by atoms with E-state index in [1.54, 1.807) is 42.5 Å². The zero-order chi connectivity index (χ0) is 24.8. The number of carbonyl (C=O) groups excluding carboxylic acids is 3. The Morgan fingerprint density at radius 1 is 1.03 bits per heavy atom. The quantitative estimate of drug-likeness (QED) is 0.466. The van der Waals surface area contributed by atoms with Crippen molar-refractivity contribution < 1.29 is 29.0 Å². The summed E-state index contributed by atoms with van der Waals surface area (Å²) in [4.78, 5) is 48.6. The van der Waals surface area contributed by atoms with Crippen LogP contribution in [0.5, 0.6) is 0 Å². The highest BCUT2D eigenvalue weighted by Crippen LogP contribution is 2.31. The van der Waals surface area contributed by atoms with E-state index >= 15 is 0 Å². The molecule has 180 valence electrons. The Balaban J connectivity index is 1.64. The molecule has 3 unspecified atom stereocenters. The second kappa shape index (κ2) is 11.4. The number of aliphatic carboxylic acids is 1. The summed E-state index contributed by atoms with van der Waals surface area (Å²) in [5, 5.41) is 15.0. The van der Waals surface area contributed by atoms with Gasteiger partial charge in [-0.1, -0.05) is 41.4 Å². The number of carbonyl (C=O) groups is 4. The Labute approximate surface area is 206 Å². The summed E-state index contributed by atoms with van der Waals surface area (Å²) in [5.41, 5.74) is 1.38. The Kier molecular flexibility index (Phi) is 8.52. The van der Waals surface area contributed by atoms with Crippen molar-refractivity contribution in [1.29, 1.82) is 0 Å². The van der Waals surface area contributed by atoms with Gasteiger partial charge >= 0.3 is 11.9 Å². The van der Waals surface area contributed by atoms with Gasteiger partial charge in [0, 0.05) is 18.0 Å². The van der Waals surface area contributed by atoms with E-state index in [-0.39, 0.29) is 34.4 Å². The minimum Gasteiger partial charge on any atom is -0.481 e. The van der Waals surface area contributed by atoms with Crippen molar-refractivity contribution in [1.82, 2.24) is 5.32 Å². The molecular formula is C24H24Cl2N2O6. The smallest absolute Gasteiger partial charge is 0.328 e. The van der Waals surface area contributed by atoms with Gasteiger partial charge in [0.15, 0.2) is 0 Å². The molecule has 0 aliphatic heterocycles. The van der Waals surface area contributed by atoms with Gasteiger partial charge in [-0.15, -0.1) is 0 Å². The van der Waals surface area contributed by atoms with Crippen LogP contribution in [0.15, 0.2) is 42.5 Å². The molecule has 3 rings (SSSR count). The van der Waals surface area contributed by atoms with Crippen molar-refractivity contribution >= 4 is 52.6 Å². The van der Waals surface area contributed by atoms with Gasteiger partial charge in [0.25, 0.3) is 5.91 Å². The fraction of sp³-hybridized carbons (Fsp3) is 0.333. The summed E-state index contributed by atoms with van der Waals surface area (Å²) in [6, 6.07) is 10.6. The zero-order valence-corrected chi connectivity index (χ0v) is 19.9. The molecule has 0 saturated heterocycles. The number of halogens is 2. The van der Waals surface area contributed by atoms with Crippen LogP contribution in [0.25, 0.3) is 0 Å². The van der Waals surface area contributed by atoms with Crippen LogP contribution in [0, 0.1) is 11.8 Å². The molecule has 34 heavy (non-hydrogen) atoms. The largest absolute Gasteiger partial charge is 0.481 e. The molecule has 3 N–H and O–H groups in total. The molecule has 2 aromatic carbocycles. The number of anilines is 1. The maximum Gasteiger partial charge on any atom is 0.328 e. The van der Waals surface area contributed by atoms with Gasteiger partial charge in [0.05, 0.1) is 28.6 Å². The monoisotopic (exact) mass is 506 g/mol. The lowest BCUT2D eigenvalue weighted by Crippen LogP contribution is -2.45. The Morgan fingerprint density at radius 2 is 1.65 bits per heavy atom. The summed E-state index contributed by atoms with van der Waals surface area (Å²) in [6.07, 6.45) is 1.31. The lowest BCUT2D eigenvalue weighted by Gasteiger charge is -2.19. The van der Waals surface area contributed by atoms with Crippen LogP contribution in [-0.2, 0) is 25.5 Å². The Bertz CT molecular complexity index is 1070. The summed E-state index contributed by atoms with van der Waals surface area (Å²) in [5.74, 6) is -3.34. The van der Waals surface area contributed by atoms with Crippen LogP contribution in [0.1, 0.15) is 35.2 Å². The molecule has 2 amide bonds. The van der Waals surface area contributed by atoms with E-state index in [2.05, 4.69) is 10.6 Å². The topological polar surface area (TPSA) is 122 Å². The van der Waals surface area contributed by atoms with Gasteiger partial charge in [-0.05, 0) is 49.1 Å². The molecule has 1 aliphatic rings. The first-order valence-electron chi connectivity index (χ1n) is 10.6. The molecule has 1 saturated carbocycles. The first-order chi connectivity index (χ1) is 16.2. The number of methoxy groups -OCH3 is 1. The number of ether oxygens (including phenoxy) is 1. The van der Waals surface area contributed by atoms with E-state index < -0.39 is 35.7 Å². The highest BCUT2D eigenvalue weighted by Gasteiger charge is 2.35. The molecule has 1 fully saturated rings. The van der Waals surface area contributed by atoms with Gasteiger partial charge in [-0.2, -0.15) is 0 Å². The molecule has 1 aliphatic carbocycles. The maximum atomic E-state index is 12.6. The Morgan fingerprint density at radius 3 is 2.21 bits per heavy atom. The summed E-state index contributed by atoms with van der Waals surface area (Å²) in [7, 11) is 1.23. The fourth-order valence-corrected chi connectivity index (χ4v) is 4.51. The van der Waals surface area contributed by atoms with Crippen molar-refractivity contribution in [3.63, 3.8) is 0 Å². The summed E-state index contributed by atoms with van der Waals surface area (Å²) < 4.78 is 4.83. The zero-order valence-electron chi connectivity index (χ0n) is 18.3. The number of hydrogen-bond acceptors (Lipinski definition) is 5. The van der Waals surface area contributed by atoms with Gasteiger partial charge in [0.2, 0.25) is 5.91 Å². The van der Waals surface area contributed by atoms with Crippen molar-refractivity contribution in [2.45, 2.75) is 31.7 Å². The first kappa shape index (κ1) is 25.5. The first-order valence-corrected chi connectivity index (χ1v) is 11.4. The molecule has 0 bridgehead atoms. The van der Waals surface area contributed by atoms with Gasteiger partial charge < -0.3 is 20.5 Å². The molecule has 0 spiro atoms. The average molecular weight is 507 g/mol. The van der Waals surface area contributed by atoms with Crippen LogP contribution in [0.4, 0.5) is 5.69 Å². The van der Waals surface area contributed by atoms with Crippen molar-refractivity contribution in [3.8, 4) is 0 Å². The number of nitrogens with one attached hydrogen (secondary N) is 2. The number of carboxylic acid groups (broad SMARTS) is 1. The molecule has 10 heteroatoms. The number of esters is 1. The number of rotatable bonds is 8. The van der Waals surface area contributed by atoms with Crippen LogP contribution in [0.3, 0.4) is 0 Å². The molecule has 8 nitrogen and oxygen atoms in total. The van der Waals surface area contributed by atoms with Crippen molar-refractivity contribution in [3.05, 3.63) is 63.6 Å². The average Bonchev–Trinajstić information content (AvgIpc) is 3.30. The third kappa shape index (κ3) is 6.27.